The van der Waals surface area contributed by atoms with Crippen LogP contribution in [0.15, 0.2) is 69.8 Å². The first-order valence-corrected chi connectivity index (χ1v) is 13.2. The van der Waals surface area contributed by atoms with Crippen LogP contribution < -0.4 is 0 Å². The SMILES string of the molecule is CCC(C)C(=O)C1=C(O)C(CC=C(C)C)=C2O[C@](C)(/C=C/C=C(C)C)[C@H](CC=C(C)C)C[C@]2(C)C1=O. The van der Waals surface area contributed by atoms with Crippen LogP contribution in [0.25, 0.3) is 0 Å². The Balaban J connectivity index is 2.81. The number of allylic oxidation sites excluding steroid dienone is 10. The summed E-state index contributed by atoms with van der Waals surface area (Å²) in [4.78, 5) is 27.4. The Kier molecular flexibility index (Phi) is 9.56. The van der Waals surface area contributed by atoms with Crippen LogP contribution in [0.2, 0.25) is 0 Å². The fraction of sp³-hybridized carbons (Fsp3) is 0.562. The molecule has 0 aromatic rings. The van der Waals surface area contributed by atoms with Crippen molar-refractivity contribution in [3.8, 4) is 0 Å². The normalized spacial score (nSPS) is 26.8. The summed E-state index contributed by atoms with van der Waals surface area (Å²) >= 11 is 0. The van der Waals surface area contributed by atoms with E-state index in [9.17, 15) is 14.7 Å². The molecule has 4 nitrogen and oxygen atoms in total. The molecule has 4 heteroatoms. The van der Waals surface area contributed by atoms with E-state index >= 15 is 0 Å². The van der Waals surface area contributed by atoms with Crippen molar-refractivity contribution in [2.45, 2.75) is 101 Å². The minimum absolute atomic E-state index is 0.0109. The minimum atomic E-state index is -1.01. The van der Waals surface area contributed by atoms with Gasteiger partial charge in [-0.05, 0) is 87.1 Å². The summed E-state index contributed by atoms with van der Waals surface area (Å²) in [5.41, 5.74) is 2.28. The molecule has 2 rings (SSSR count). The molecular weight excluding hydrogens is 448 g/mol. The summed E-state index contributed by atoms with van der Waals surface area (Å²) in [5, 5.41) is 11.4. The maximum Gasteiger partial charge on any atom is 0.183 e. The van der Waals surface area contributed by atoms with Gasteiger partial charge in [-0.15, -0.1) is 0 Å². The second kappa shape index (κ2) is 11.6. The van der Waals surface area contributed by atoms with E-state index in [0.717, 1.165) is 12.0 Å². The third kappa shape index (κ3) is 6.19. The fourth-order valence-electron chi connectivity index (χ4n) is 4.89. The van der Waals surface area contributed by atoms with Gasteiger partial charge in [0.2, 0.25) is 0 Å². The summed E-state index contributed by atoms with van der Waals surface area (Å²) in [5.74, 6) is -0.651. The molecule has 1 unspecified atom stereocenters. The van der Waals surface area contributed by atoms with Crippen molar-refractivity contribution in [3.63, 3.8) is 0 Å². The van der Waals surface area contributed by atoms with Gasteiger partial charge in [-0.3, -0.25) is 9.59 Å². The molecule has 0 radical (unpaired) electrons. The van der Waals surface area contributed by atoms with Crippen molar-refractivity contribution < 1.29 is 19.4 Å². The van der Waals surface area contributed by atoms with Crippen molar-refractivity contribution in [2.75, 3.05) is 0 Å². The summed E-state index contributed by atoms with van der Waals surface area (Å²) in [6.07, 6.45) is 12.6. The molecule has 1 aliphatic heterocycles. The number of fused-ring (bicyclic) bond motifs is 1. The zero-order valence-corrected chi connectivity index (χ0v) is 24.0. The van der Waals surface area contributed by atoms with Crippen LogP contribution in [0.1, 0.15) is 94.9 Å². The minimum Gasteiger partial charge on any atom is -0.507 e. The molecule has 1 N–H and O–H groups in total. The van der Waals surface area contributed by atoms with Crippen LogP contribution >= 0.6 is 0 Å². The van der Waals surface area contributed by atoms with E-state index in [4.69, 9.17) is 4.74 Å². The monoisotopic (exact) mass is 494 g/mol. The number of aliphatic hydroxyl groups is 1. The molecule has 0 bridgehead atoms. The highest BCUT2D eigenvalue weighted by Gasteiger charge is 2.56. The molecule has 1 heterocycles. The van der Waals surface area contributed by atoms with Gasteiger partial charge in [0.25, 0.3) is 0 Å². The van der Waals surface area contributed by atoms with Gasteiger partial charge < -0.3 is 9.84 Å². The first-order valence-electron chi connectivity index (χ1n) is 13.2. The van der Waals surface area contributed by atoms with Gasteiger partial charge in [-0.1, -0.05) is 54.9 Å². The summed E-state index contributed by atoms with van der Waals surface area (Å²) in [6, 6.07) is 0. The Hall–Kier alpha value is -2.62. The number of carbonyl (C=O) groups excluding carboxylic acids is 2. The Labute approximate surface area is 218 Å². The largest absolute Gasteiger partial charge is 0.507 e. The Morgan fingerprint density at radius 3 is 2.22 bits per heavy atom. The van der Waals surface area contributed by atoms with E-state index in [-0.39, 0.29) is 34.7 Å². The Bertz CT molecular complexity index is 1070. The molecule has 198 valence electrons. The molecule has 0 aromatic heterocycles. The fourth-order valence-corrected chi connectivity index (χ4v) is 4.89. The molecule has 0 spiro atoms. The summed E-state index contributed by atoms with van der Waals surface area (Å²) in [6.45, 7) is 19.9. The van der Waals surface area contributed by atoms with E-state index < -0.39 is 11.0 Å². The average molecular weight is 495 g/mol. The Morgan fingerprint density at radius 2 is 1.69 bits per heavy atom. The molecule has 1 saturated heterocycles. The van der Waals surface area contributed by atoms with Crippen molar-refractivity contribution >= 4 is 11.6 Å². The van der Waals surface area contributed by atoms with Gasteiger partial charge in [0, 0.05) is 17.4 Å². The second-order valence-electron chi connectivity index (χ2n) is 11.7. The van der Waals surface area contributed by atoms with Crippen LogP contribution in [0.4, 0.5) is 0 Å². The predicted molar refractivity (Wildman–Crippen MR) is 149 cm³/mol. The number of carbonyl (C=O) groups is 2. The van der Waals surface area contributed by atoms with Gasteiger partial charge >= 0.3 is 0 Å². The van der Waals surface area contributed by atoms with Crippen molar-refractivity contribution in [3.05, 3.63) is 69.8 Å². The van der Waals surface area contributed by atoms with Gasteiger partial charge in [-0.2, -0.15) is 0 Å². The van der Waals surface area contributed by atoms with Crippen LogP contribution in [0.5, 0.6) is 0 Å². The quantitative estimate of drug-likeness (QED) is 0.199. The second-order valence-corrected chi connectivity index (χ2v) is 11.7. The Morgan fingerprint density at radius 1 is 1.08 bits per heavy atom. The highest BCUT2D eigenvalue weighted by molar-refractivity contribution is 6.24. The molecule has 36 heavy (non-hydrogen) atoms. The molecule has 1 aliphatic carbocycles. The maximum absolute atomic E-state index is 14.0. The van der Waals surface area contributed by atoms with Gasteiger partial charge in [0.1, 0.15) is 22.7 Å². The van der Waals surface area contributed by atoms with Crippen LogP contribution in [-0.4, -0.2) is 22.3 Å². The maximum atomic E-state index is 14.0. The number of hydrogen-bond donors (Lipinski definition) is 1. The lowest BCUT2D eigenvalue weighted by atomic mass is 9.62. The van der Waals surface area contributed by atoms with Gasteiger partial charge in [0.15, 0.2) is 11.6 Å². The number of ether oxygens (including phenoxy) is 1. The van der Waals surface area contributed by atoms with E-state index in [1.54, 1.807) is 0 Å². The van der Waals surface area contributed by atoms with E-state index in [1.165, 1.54) is 11.1 Å². The van der Waals surface area contributed by atoms with E-state index in [0.29, 0.717) is 30.6 Å². The summed E-state index contributed by atoms with van der Waals surface area (Å²) < 4.78 is 6.79. The van der Waals surface area contributed by atoms with E-state index in [1.807, 2.05) is 66.7 Å². The smallest absolute Gasteiger partial charge is 0.183 e. The molecule has 4 atom stereocenters. The van der Waals surface area contributed by atoms with Gasteiger partial charge in [0.05, 0.1) is 5.41 Å². The number of Topliss-reactive ketones (excluding diaryl/α,β-unsaturated/α-hetero) is 2. The number of ketones is 2. The van der Waals surface area contributed by atoms with Crippen LogP contribution in [-0.2, 0) is 14.3 Å². The van der Waals surface area contributed by atoms with Crippen LogP contribution in [0.3, 0.4) is 0 Å². The highest BCUT2D eigenvalue weighted by Crippen LogP contribution is 2.55. The molecular formula is C32H46O4. The number of aliphatic hydroxyl groups excluding tert-OH is 1. The van der Waals surface area contributed by atoms with Gasteiger partial charge in [-0.25, -0.2) is 0 Å². The third-order valence-corrected chi connectivity index (χ3v) is 7.50. The zero-order chi connectivity index (χ0) is 27.4. The van der Waals surface area contributed by atoms with E-state index in [2.05, 4.69) is 32.9 Å². The topological polar surface area (TPSA) is 63.6 Å². The molecule has 0 saturated carbocycles. The van der Waals surface area contributed by atoms with Crippen molar-refractivity contribution in [1.29, 1.82) is 0 Å². The number of rotatable bonds is 9. The number of hydrogen-bond acceptors (Lipinski definition) is 4. The lowest BCUT2D eigenvalue weighted by Crippen LogP contribution is -2.52. The van der Waals surface area contributed by atoms with Crippen molar-refractivity contribution in [2.24, 2.45) is 17.3 Å². The highest BCUT2D eigenvalue weighted by atomic mass is 16.5. The molecule has 1 fully saturated rings. The lowest BCUT2D eigenvalue weighted by Gasteiger charge is -2.50. The van der Waals surface area contributed by atoms with Crippen LogP contribution in [0, 0.1) is 17.3 Å². The molecule has 2 aliphatic rings. The molecule has 0 amide bonds. The lowest BCUT2D eigenvalue weighted by molar-refractivity contribution is -0.139. The third-order valence-electron chi connectivity index (χ3n) is 7.50. The average Bonchev–Trinajstić information content (AvgIpc) is 2.78. The standard InChI is InChI=1S/C32H46O4/c1-11-23(8)27(33)26-28(34)25(17-15-22(6)7)30-31(9,29(26)35)19-24(16-14-21(4)5)32(10,36-30)18-12-13-20(2)3/h12-15,18,23-24,34H,11,16-17,19H2,1-10H3/b18-12+/t23?,24-,31-,32-/m1/s1. The predicted octanol–water partition coefficient (Wildman–Crippen LogP) is 8.29. The summed E-state index contributed by atoms with van der Waals surface area (Å²) in [7, 11) is 0. The zero-order valence-electron chi connectivity index (χ0n) is 24.0. The first kappa shape index (κ1) is 29.6. The van der Waals surface area contributed by atoms with Crippen molar-refractivity contribution in [1.82, 2.24) is 0 Å². The first-order chi connectivity index (χ1) is 16.7. The molecule has 0 aromatic carbocycles.